The topological polar surface area (TPSA) is 86.8 Å². The Bertz CT molecular complexity index is 1020. The molecule has 0 radical (unpaired) electrons. The highest BCUT2D eigenvalue weighted by molar-refractivity contribution is 5.50. The van der Waals surface area contributed by atoms with Crippen molar-refractivity contribution in [2.24, 2.45) is 0 Å². The minimum Gasteiger partial charge on any atom is -0.351 e. The van der Waals surface area contributed by atoms with E-state index >= 15 is 0 Å². The highest BCUT2D eigenvalue weighted by atomic mass is 19.1. The van der Waals surface area contributed by atoms with Crippen LogP contribution in [0.4, 0.5) is 10.2 Å². The van der Waals surface area contributed by atoms with E-state index in [1.165, 1.54) is 29.7 Å². The second-order valence-electron chi connectivity index (χ2n) is 7.43. The Morgan fingerprint density at radius 2 is 2.00 bits per heavy atom. The Morgan fingerprint density at radius 1 is 1.13 bits per heavy atom. The van der Waals surface area contributed by atoms with E-state index in [4.69, 9.17) is 5.26 Å². The van der Waals surface area contributed by atoms with E-state index in [-0.39, 0.29) is 5.82 Å². The van der Waals surface area contributed by atoms with Crippen LogP contribution in [0.15, 0.2) is 49.1 Å². The molecule has 0 amide bonds. The molecule has 3 aromatic rings. The third kappa shape index (κ3) is 4.28. The van der Waals surface area contributed by atoms with Crippen molar-refractivity contribution < 1.29 is 4.39 Å². The highest BCUT2D eigenvalue weighted by Crippen LogP contribution is 2.29. The van der Waals surface area contributed by atoms with E-state index in [0.29, 0.717) is 23.5 Å². The van der Waals surface area contributed by atoms with Crippen molar-refractivity contribution in [3.8, 4) is 11.8 Å². The van der Waals surface area contributed by atoms with E-state index in [1.54, 1.807) is 36.9 Å². The minimum atomic E-state index is -0.275. The number of aromatic nitrogens is 5. The fourth-order valence-corrected chi connectivity index (χ4v) is 4.10. The fraction of sp³-hybridized carbons (Fsp3) is 0.381. The number of halogens is 1. The zero-order valence-corrected chi connectivity index (χ0v) is 16.8. The summed E-state index contributed by atoms with van der Waals surface area (Å²) in [6, 6.07) is 9.63. The lowest BCUT2D eigenvalue weighted by molar-refractivity contribution is 0.184. The second-order valence-corrected chi connectivity index (χ2v) is 7.43. The van der Waals surface area contributed by atoms with Crippen molar-refractivity contribution in [2.75, 3.05) is 24.5 Å². The van der Waals surface area contributed by atoms with E-state index < -0.39 is 0 Å². The molecule has 0 spiro atoms. The molecule has 1 aromatic carbocycles. The van der Waals surface area contributed by atoms with Crippen molar-refractivity contribution in [3.63, 3.8) is 0 Å². The zero-order valence-electron chi connectivity index (χ0n) is 16.8. The second kappa shape index (κ2) is 8.97. The number of nitriles is 1. The normalized spacial score (nSPS) is 20.8. The summed E-state index contributed by atoms with van der Waals surface area (Å²) in [5.41, 5.74) is 1.12. The summed E-state index contributed by atoms with van der Waals surface area (Å²) < 4.78 is 14.2. The Balaban J connectivity index is 0.000000158. The van der Waals surface area contributed by atoms with Gasteiger partial charge in [0.25, 0.3) is 0 Å². The van der Waals surface area contributed by atoms with Gasteiger partial charge >= 0.3 is 0 Å². The molecule has 2 unspecified atom stereocenters. The monoisotopic (exact) mass is 406 g/mol. The first-order valence-corrected chi connectivity index (χ1v) is 10.00. The number of benzene rings is 1. The average molecular weight is 406 g/mol. The van der Waals surface area contributed by atoms with Gasteiger partial charge < -0.3 is 4.90 Å². The standard InChI is InChI=1S/C13H17N5.C8H6FN3/c1-10-2-3-11-9-17(6-7-18(10)11)13-12(8-14)15-4-5-16-13;9-7-2-1-3-8(6-7)12-5-4-10-11-12/h4-5,10-11H,2-3,6-7,9H2,1H3;1-6H. The first kappa shape index (κ1) is 19.9. The summed E-state index contributed by atoms with van der Waals surface area (Å²) in [7, 11) is 0. The number of nitrogens with zero attached hydrogens (tertiary/aromatic N) is 8. The lowest BCUT2D eigenvalue weighted by Crippen LogP contribution is -2.52. The molecule has 2 fully saturated rings. The van der Waals surface area contributed by atoms with Crippen LogP contribution >= 0.6 is 0 Å². The van der Waals surface area contributed by atoms with Crippen LogP contribution in [-0.4, -0.2) is 61.6 Å². The molecule has 154 valence electrons. The number of rotatable bonds is 2. The molecular formula is C21H23FN8. The van der Waals surface area contributed by atoms with Crippen LogP contribution in [0.25, 0.3) is 5.69 Å². The van der Waals surface area contributed by atoms with Crippen LogP contribution in [0.5, 0.6) is 0 Å². The van der Waals surface area contributed by atoms with Crippen molar-refractivity contribution >= 4 is 5.82 Å². The number of hydrogen-bond donors (Lipinski definition) is 0. The molecule has 2 aromatic heterocycles. The molecule has 30 heavy (non-hydrogen) atoms. The Hall–Kier alpha value is -3.38. The molecule has 9 heteroatoms. The Kier molecular flexibility index (Phi) is 5.95. The first-order valence-electron chi connectivity index (χ1n) is 10.00. The van der Waals surface area contributed by atoms with Gasteiger partial charge in [-0.2, -0.15) is 5.26 Å². The SMILES string of the molecule is CC1CCC2CN(c3nccnc3C#N)CCN12.Fc1cccc(-n2ccnn2)c1. The summed E-state index contributed by atoms with van der Waals surface area (Å²) in [6.07, 6.45) is 8.99. The Labute approximate surface area is 174 Å². The van der Waals surface area contributed by atoms with Gasteiger partial charge in [-0.25, -0.2) is 19.0 Å². The number of piperazine rings is 1. The van der Waals surface area contributed by atoms with Gasteiger partial charge in [-0.05, 0) is 38.0 Å². The maximum absolute atomic E-state index is 12.7. The quantitative estimate of drug-likeness (QED) is 0.646. The van der Waals surface area contributed by atoms with Crippen LogP contribution in [0.2, 0.25) is 0 Å². The molecule has 2 aliphatic heterocycles. The first-order chi connectivity index (χ1) is 14.7. The third-order valence-electron chi connectivity index (χ3n) is 5.59. The molecular weight excluding hydrogens is 383 g/mol. The number of fused-ring (bicyclic) bond motifs is 1. The molecule has 5 rings (SSSR count). The van der Waals surface area contributed by atoms with E-state index in [9.17, 15) is 4.39 Å². The molecule has 0 bridgehead atoms. The van der Waals surface area contributed by atoms with Crippen molar-refractivity contribution in [1.29, 1.82) is 5.26 Å². The summed E-state index contributed by atoms with van der Waals surface area (Å²) in [4.78, 5) is 13.2. The molecule has 4 heterocycles. The van der Waals surface area contributed by atoms with E-state index in [0.717, 1.165) is 25.5 Å². The lowest BCUT2D eigenvalue weighted by atomic mass is 10.1. The minimum absolute atomic E-state index is 0.275. The maximum Gasteiger partial charge on any atom is 0.183 e. The summed E-state index contributed by atoms with van der Waals surface area (Å²) in [6.45, 7) is 5.28. The summed E-state index contributed by atoms with van der Waals surface area (Å²) in [5.74, 6) is 0.474. The lowest BCUT2D eigenvalue weighted by Gasteiger charge is -2.39. The van der Waals surface area contributed by atoms with Gasteiger partial charge in [0, 0.05) is 44.1 Å². The molecule has 0 saturated carbocycles. The van der Waals surface area contributed by atoms with Crippen LogP contribution in [-0.2, 0) is 0 Å². The van der Waals surface area contributed by atoms with Crippen molar-refractivity contribution in [3.05, 3.63) is 60.6 Å². The molecule has 8 nitrogen and oxygen atoms in total. The van der Waals surface area contributed by atoms with Crippen molar-refractivity contribution in [1.82, 2.24) is 29.9 Å². The smallest absolute Gasteiger partial charge is 0.183 e. The van der Waals surface area contributed by atoms with Crippen LogP contribution in [0, 0.1) is 17.1 Å². The van der Waals surface area contributed by atoms with E-state index in [1.807, 2.05) is 0 Å². The predicted octanol–water partition coefficient (Wildman–Crippen LogP) is 2.43. The summed E-state index contributed by atoms with van der Waals surface area (Å²) >= 11 is 0. The molecule has 0 aliphatic carbocycles. The van der Waals surface area contributed by atoms with Gasteiger partial charge in [0.1, 0.15) is 11.9 Å². The fourth-order valence-electron chi connectivity index (χ4n) is 4.10. The third-order valence-corrected chi connectivity index (χ3v) is 5.59. The van der Waals surface area contributed by atoms with Gasteiger partial charge in [-0.15, -0.1) is 5.10 Å². The van der Waals surface area contributed by atoms with Gasteiger partial charge in [-0.3, -0.25) is 4.90 Å². The molecule has 2 aliphatic rings. The predicted molar refractivity (Wildman–Crippen MR) is 109 cm³/mol. The van der Waals surface area contributed by atoms with Gasteiger partial charge in [0.05, 0.1) is 18.1 Å². The van der Waals surface area contributed by atoms with Gasteiger partial charge in [-0.1, -0.05) is 11.3 Å². The zero-order chi connectivity index (χ0) is 20.9. The molecule has 0 N–H and O–H groups in total. The number of anilines is 1. The van der Waals surface area contributed by atoms with Crippen LogP contribution < -0.4 is 4.90 Å². The average Bonchev–Trinajstić information content (AvgIpc) is 3.44. The van der Waals surface area contributed by atoms with Crippen molar-refractivity contribution in [2.45, 2.75) is 31.8 Å². The van der Waals surface area contributed by atoms with Gasteiger partial charge in [0.2, 0.25) is 0 Å². The molecule has 2 saturated heterocycles. The van der Waals surface area contributed by atoms with Gasteiger partial charge in [0.15, 0.2) is 11.5 Å². The Morgan fingerprint density at radius 3 is 2.77 bits per heavy atom. The van der Waals surface area contributed by atoms with Crippen LogP contribution in [0.1, 0.15) is 25.5 Å². The maximum atomic E-state index is 12.7. The van der Waals surface area contributed by atoms with Crippen LogP contribution in [0.3, 0.4) is 0 Å². The summed E-state index contributed by atoms with van der Waals surface area (Å²) in [5, 5.41) is 16.4. The molecule has 2 atom stereocenters. The largest absolute Gasteiger partial charge is 0.351 e. The van der Waals surface area contributed by atoms with E-state index in [2.05, 4.69) is 43.1 Å². The highest BCUT2D eigenvalue weighted by Gasteiger charge is 2.35. The number of hydrogen-bond acceptors (Lipinski definition) is 7.